The Morgan fingerprint density at radius 1 is 1.83 bits per heavy atom. The number of rotatable bonds is 3. The van der Waals surface area contributed by atoms with Crippen molar-refractivity contribution in [1.29, 1.82) is 0 Å². The molecule has 4 nitrogen and oxygen atoms in total. The second-order valence-corrected chi connectivity index (χ2v) is 2.77. The molecule has 0 bridgehead atoms. The van der Waals surface area contributed by atoms with E-state index in [1.165, 1.54) is 17.6 Å². The SMILES string of the molecule is CC/C(=C\c1csnn1)C(=O)O. The molecule has 0 radical (unpaired) electrons. The van der Waals surface area contributed by atoms with Gasteiger partial charge in [-0.15, -0.1) is 5.10 Å². The molecule has 0 spiro atoms. The summed E-state index contributed by atoms with van der Waals surface area (Å²) in [6.07, 6.45) is 2.03. The summed E-state index contributed by atoms with van der Waals surface area (Å²) in [7, 11) is 0. The van der Waals surface area contributed by atoms with Crippen molar-refractivity contribution >= 4 is 23.6 Å². The maximum atomic E-state index is 10.5. The minimum atomic E-state index is -0.898. The van der Waals surface area contributed by atoms with Gasteiger partial charge < -0.3 is 5.11 Å². The Hall–Kier alpha value is -1.23. The van der Waals surface area contributed by atoms with E-state index in [1.54, 1.807) is 12.3 Å². The number of hydrogen-bond acceptors (Lipinski definition) is 4. The van der Waals surface area contributed by atoms with Gasteiger partial charge in [0.1, 0.15) is 0 Å². The second-order valence-electron chi connectivity index (χ2n) is 2.16. The Morgan fingerprint density at radius 2 is 2.58 bits per heavy atom. The van der Waals surface area contributed by atoms with Crippen molar-refractivity contribution < 1.29 is 9.90 Å². The highest BCUT2D eigenvalue weighted by atomic mass is 32.1. The zero-order valence-electron chi connectivity index (χ0n) is 6.52. The fraction of sp³-hybridized carbons (Fsp3) is 0.286. The summed E-state index contributed by atoms with van der Waals surface area (Å²) >= 11 is 1.21. The van der Waals surface area contributed by atoms with Crippen LogP contribution in [0.4, 0.5) is 0 Å². The minimum Gasteiger partial charge on any atom is -0.478 e. The van der Waals surface area contributed by atoms with Crippen molar-refractivity contribution in [2.45, 2.75) is 13.3 Å². The van der Waals surface area contributed by atoms with Gasteiger partial charge in [0.15, 0.2) is 0 Å². The van der Waals surface area contributed by atoms with E-state index in [1.807, 2.05) is 0 Å². The third-order valence-electron chi connectivity index (χ3n) is 1.35. The van der Waals surface area contributed by atoms with E-state index in [9.17, 15) is 4.79 Å². The number of carboxylic acids is 1. The van der Waals surface area contributed by atoms with Crippen LogP contribution >= 0.6 is 11.5 Å². The molecule has 0 aliphatic rings. The molecule has 1 heterocycles. The largest absolute Gasteiger partial charge is 0.478 e. The van der Waals surface area contributed by atoms with Crippen molar-refractivity contribution in [2.24, 2.45) is 0 Å². The van der Waals surface area contributed by atoms with E-state index in [-0.39, 0.29) is 0 Å². The van der Waals surface area contributed by atoms with Gasteiger partial charge in [-0.3, -0.25) is 0 Å². The highest BCUT2D eigenvalue weighted by Gasteiger charge is 2.04. The summed E-state index contributed by atoms with van der Waals surface area (Å²) in [6, 6.07) is 0. The number of carboxylic acid groups (broad SMARTS) is 1. The van der Waals surface area contributed by atoms with Crippen LogP contribution < -0.4 is 0 Å². The van der Waals surface area contributed by atoms with Crippen LogP contribution in [0.5, 0.6) is 0 Å². The van der Waals surface area contributed by atoms with Gasteiger partial charge >= 0.3 is 5.97 Å². The molecule has 1 rings (SSSR count). The molecule has 1 N–H and O–H groups in total. The van der Waals surface area contributed by atoms with Gasteiger partial charge in [-0.05, 0) is 24.0 Å². The fourth-order valence-corrected chi connectivity index (χ4v) is 1.14. The van der Waals surface area contributed by atoms with Crippen molar-refractivity contribution in [3.05, 3.63) is 16.6 Å². The standard InChI is InChI=1S/C7H8N2O2S/c1-2-5(7(10)11)3-6-4-12-9-8-6/h3-4H,2H2,1H3,(H,10,11)/b5-3+. The number of hydrogen-bond donors (Lipinski definition) is 1. The molecule has 0 aliphatic heterocycles. The summed E-state index contributed by atoms with van der Waals surface area (Å²) in [5, 5.41) is 14.1. The smallest absolute Gasteiger partial charge is 0.331 e. The van der Waals surface area contributed by atoms with Crippen LogP contribution in [-0.4, -0.2) is 20.7 Å². The van der Waals surface area contributed by atoms with Gasteiger partial charge in [0.05, 0.1) is 5.69 Å². The van der Waals surface area contributed by atoms with Gasteiger partial charge in [-0.2, -0.15) is 0 Å². The van der Waals surface area contributed by atoms with Gasteiger partial charge in [0.25, 0.3) is 0 Å². The van der Waals surface area contributed by atoms with Crippen LogP contribution in [-0.2, 0) is 4.79 Å². The van der Waals surface area contributed by atoms with E-state index < -0.39 is 5.97 Å². The summed E-state index contributed by atoms with van der Waals surface area (Å²) in [5.41, 5.74) is 0.960. The number of carbonyl (C=O) groups is 1. The molecule has 0 aromatic carbocycles. The van der Waals surface area contributed by atoms with Crippen LogP contribution in [0.1, 0.15) is 19.0 Å². The second kappa shape index (κ2) is 3.96. The lowest BCUT2D eigenvalue weighted by molar-refractivity contribution is -0.132. The Kier molecular flexibility index (Phi) is 2.93. The van der Waals surface area contributed by atoms with E-state index in [0.717, 1.165) is 0 Å². The molecule has 0 amide bonds. The Labute approximate surface area is 73.7 Å². The molecule has 0 fully saturated rings. The van der Waals surface area contributed by atoms with E-state index in [4.69, 9.17) is 5.11 Å². The number of aromatic nitrogens is 2. The fourth-order valence-electron chi connectivity index (χ4n) is 0.728. The first-order valence-electron chi connectivity index (χ1n) is 3.45. The molecule has 1 aromatic rings. The topological polar surface area (TPSA) is 63.1 Å². The predicted octanol–water partition coefficient (Wildman–Crippen LogP) is 1.42. The number of nitrogens with zero attached hydrogens (tertiary/aromatic N) is 2. The molecule has 5 heteroatoms. The summed E-state index contributed by atoms with van der Waals surface area (Å²) in [6.45, 7) is 1.79. The maximum Gasteiger partial charge on any atom is 0.331 e. The van der Waals surface area contributed by atoms with Crippen LogP contribution in [0, 0.1) is 0 Å². The summed E-state index contributed by atoms with van der Waals surface area (Å²) in [5.74, 6) is -0.898. The monoisotopic (exact) mass is 184 g/mol. The molecule has 0 aliphatic carbocycles. The first-order valence-corrected chi connectivity index (χ1v) is 4.28. The van der Waals surface area contributed by atoms with Crippen molar-refractivity contribution in [2.75, 3.05) is 0 Å². The van der Waals surface area contributed by atoms with E-state index in [2.05, 4.69) is 9.59 Å². The van der Waals surface area contributed by atoms with E-state index >= 15 is 0 Å². The third kappa shape index (κ3) is 2.13. The zero-order chi connectivity index (χ0) is 8.97. The molecular formula is C7H8N2O2S. The van der Waals surface area contributed by atoms with E-state index in [0.29, 0.717) is 17.7 Å². The van der Waals surface area contributed by atoms with Crippen LogP contribution in [0.3, 0.4) is 0 Å². The van der Waals surface area contributed by atoms with Crippen LogP contribution in [0.15, 0.2) is 11.0 Å². The molecule has 64 valence electrons. The molecule has 12 heavy (non-hydrogen) atoms. The average Bonchev–Trinajstić information content (AvgIpc) is 2.51. The zero-order valence-corrected chi connectivity index (χ0v) is 7.34. The molecule has 0 saturated carbocycles. The maximum absolute atomic E-state index is 10.5. The lowest BCUT2D eigenvalue weighted by Crippen LogP contribution is -1.98. The Morgan fingerprint density at radius 3 is 3.00 bits per heavy atom. The van der Waals surface area contributed by atoms with Gasteiger partial charge in [-0.1, -0.05) is 11.4 Å². The highest BCUT2D eigenvalue weighted by molar-refractivity contribution is 7.03. The predicted molar refractivity (Wildman–Crippen MR) is 45.8 cm³/mol. The average molecular weight is 184 g/mol. The quantitative estimate of drug-likeness (QED) is 0.721. The number of aliphatic carboxylic acids is 1. The molecule has 0 unspecified atom stereocenters. The Bertz CT molecular complexity index is 292. The normalized spacial score (nSPS) is 11.6. The van der Waals surface area contributed by atoms with Gasteiger partial charge in [-0.25, -0.2) is 4.79 Å². The van der Waals surface area contributed by atoms with Gasteiger partial charge in [0, 0.05) is 11.0 Å². The molecule has 0 atom stereocenters. The first-order chi connectivity index (χ1) is 5.74. The van der Waals surface area contributed by atoms with Gasteiger partial charge in [0.2, 0.25) is 0 Å². The van der Waals surface area contributed by atoms with Crippen LogP contribution in [0.2, 0.25) is 0 Å². The molecular weight excluding hydrogens is 176 g/mol. The molecule has 0 saturated heterocycles. The van der Waals surface area contributed by atoms with Crippen molar-refractivity contribution in [1.82, 2.24) is 9.59 Å². The van der Waals surface area contributed by atoms with Crippen molar-refractivity contribution in [3.8, 4) is 0 Å². The first kappa shape index (κ1) is 8.86. The molecule has 1 aromatic heterocycles. The highest BCUT2D eigenvalue weighted by Crippen LogP contribution is 2.08. The summed E-state index contributed by atoms with van der Waals surface area (Å²) in [4.78, 5) is 10.5. The third-order valence-corrected chi connectivity index (χ3v) is 1.88. The Balaban J connectivity index is 2.85. The lowest BCUT2D eigenvalue weighted by Gasteiger charge is -1.93. The summed E-state index contributed by atoms with van der Waals surface area (Å²) < 4.78 is 3.62. The van der Waals surface area contributed by atoms with Crippen LogP contribution in [0.25, 0.3) is 6.08 Å². The lowest BCUT2D eigenvalue weighted by atomic mass is 10.2. The minimum absolute atomic E-state index is 0.350. The van der Waals surface area contributed by atoms with Crippen molar-refractivity contribution in [3.63, 3.8) is 0 Å².